The Hall–Kier alpha value is -2.15. The van der Waals surface area contributed by atoms with E-state index >= 15 is 0 Å². The number of anilines is 1. The molecule has 2 fully saturated rings. The highest BCUT2D eigenvalue weighted by molar-refractivity contribution is 6.30. The van der Waals surface area contributed by atoms with Gasteiger partial charge in [0.05, 0.1) is 24.7 Å². The Labute approximate surface area is 201 Å². The van der Waals surface area contributed by atoms with Gasteiger partial charge in [-0.2, -0.15) is 13.2 Å². The molecule has 13 heteroatoms. The van der Waals surface area contributed by atoms with Gasteiger partial charge in [0.25, 0.3) is 0 Å². The predicted molar refractivity (Wildman–Crippen MR) is 120 cm³/mol. The molecule has 2 aliphatic rings. The summed E-state index contributed by atoms with van der Waals surface area (Å²) in [5.41, 5.74) is 4.52. The van der Waals surface area contributed by atoms with Crippen LogP contribution in [-0.4, -0.2) is 85.9 Å². The second-order valence-electron chi connectivity index (χ2n) is 8.30. The third kappa shape index (κ3) is 7.17. The maximum atomic E-state index is 13.3. The molecule has 190 valence electrons. The van der Waals surface area contributed by atoms with Crippen molar-refractivity contribution in [3.05, 3.63) is 23.4 Å². The number of carbonyl (C=O) groups is 2. The highest BCUT2D eigenvalue weighted by Crippen LogP contribution is 2.30. The number of alkyl halides is 3. The highest BCUT2D eigenvalue weighted by atomic mass is 35.5. The van der Waals surface area contributed by atoms with E-state index in [2.05, 4.69) is 20.6 Å². The van der Waals surface area contributed by atoms with Crippen LogP contribution in [0.4, 0.5) is 19.0 Å². The number of nitrogens with one attached hydrogen (secondary N) is 3. The minimum absolute atomic E-state index is 0.0324. The maximum Gasteiger partial charge on any atom is 0.402 e. The Morgan fingerprint density at radius 1 is 1.32 bits per heavy atom. The first-order chi connectivity index (χ1) is 16.2. The summed E-state index contributed by atoms with van der Waals surface area (Å²) in [5, 5.41) is 3.45. The van der Waals surface area contributed by atoms with Gasteiger partial charge in [-0.05, 0) is 18.6 Å². The number of piperazine rings is 1. The summed E-state index contributed by atoms with van der Waals surface area (Å²) >= 11 is 5.87. The third-order valence-corrected chi connectivity index (χ3v) is 6.18. The van der Waals surface area contributed by atoms with Crippen molar-refractivity contribution in [2.75, 3.05) is 50.8 Å². The van der Waals surface area contributed by atoms with E-state index in [1.54, 1.807) is 17.2 Å². The van der Waals surface area contributed by atoms with Crippen LogP contribution in [0.5, 0.6) is 0 Å². The minimum Gasteiger partial charge on any atom is -0.379 e. The molecule has 0 aromatic carbocycles. The van der Waals surface area contributed by atoms with E-state index in [-0.39, 0.29) is 38.1 Å². The Kier molecular flexibility index (Phi) is 9.34. The van der Waals surface area contributed by atoms with E-state index in [0.717, 1.165) is 5.82 Å². The fourth-order valence-corrected chi connectivity index (χ4v) is 4.14. The topological polar surface area (TPSA) is 98.8 Å². The van der Waals surface area contributed by atoms with Crippen molar-refractivity contribution < 1.29 is 27.5 Å². The van der Waals surface area contributed by atoms with Gasteiger partial charge in [0.15, 0.2) is 5.92 Å². The molecule has 34 heavy (non-hydrogen) atoms. The molecule has 2 saturated heterocycles. The fourth-order valence-electron chi connectivity index (χ4n) is 4.03. The molecule has 3 N–H and O–H groups in total. The number of pyridine rings is 1. The third-order valence-electron chi connectivity index (χ3n) is 5.96. The number of amides is 2. The van der Waals surface area contributed by atoms with Gasteiger partial charge in [-0.3, -0.25) is 15.0 Å². The van der Waals surface area contributed by atoms with Gasteiger partial charge in [0.2, 0.25) is 11.8 Å². The van der Waals surface area contributed by atoms with E-state index < -0.39 is 24.0 Å². The number of carbonyl (C=O) groups excluding carboxylic acids is 2. The molecule has 0 aliphatic carbocycles. The Balaban J connectivity index is 1.38. The molecular formula is C21H30ClF3N6O3. The lowest BCUT2D eigenvalue weighted by Crippen LogP contribution is -2.65. The summed E-state index contributed by atoms with van der Waals surface area (Å²) in [6.45, 7) is 4.53. The van der Waals surface area contributed by atoms with Crippen LogP contribution in [0.25, 0.3) is 0 Å². The SMILES string of the molecule is CC[C@@H](COCCC(=O)N1CCN(c2ccc(Cl)cn2)CC1)NC1CNNC(=O)C1C(F)(F)F. The van der Waals surface area contributed by atoms with Crippen LogP contribution in [0.1, 0.15) is 19.8 Å². The van der Waals surface area contributed by atoms with Crippen molar-refractivity contribution in [2.45, 2.75) is 38.0 Å². The second-order valence-corrected chi connectivity index (χ2v) is 8.73. The molecule has 3 rings (SSSR count). The summed E-state index contributed by atoms with van der Waals surface area (Å²) < 4.78 is 45.5. The second kappa shape index (κ2) is 12.0. The number of nitrogens with zero attached hydrogens (tertiary/aromatic N) is 3. The van der Waals surface area contributed by atoms with Crippen molar-refractivity contribution in [1.82, 2.24) is 26.1 Å². The lowest BCUT2D eigenvalue weighted by atomic mass is 9.95. The summed E-state index contributed by atoms with van der Waals surface area (Å²) in [4.78, 5) is 32.4. The Morgan fingerprint density at radius 2 is 2.06 bits per heavy atom. The standard InChI is InChI=1S/C21H30ClF3N6O3/c1-2-15(28-16-12-27-29-20(33)19(16)21(23,24)25)13-34-10-5-18(32)31-8-6-30(7-9-31)17-4-3-14(22)11-26-17/h3-4,11,15-16,19,27-28H,2,5-10,12-13H2,1H3,(H,29,33)/t15-,16?,19?/m0/s1. The number of rotatable bonds is 9. The van der Waals surface area contributed by atoms with Gasteiger partial charge in [-0.1, -0.05) is 18.5 Å². The van der Waals surface area contributed by atoms with Crippen molar-refractivity contribution in [2.24, 2.45) is 5.92 Å². The van der Waals surface area contributed by atoms with E-state index in [9.17, 15) is 22.8 Å². The van der Waals surface area contributed by atoms with Crippen LogP contribution < -0.4 is 21.1 Å². The minimum atomic E-state index is -4.65. The zero-order chi connectivity index (χ0) is 24.7. The summed E-state index contributed by atoms with van der Waals surface area (Å²) in [5.74, 6) is -2.46. The van der Waals surface area contributed by atoms with Gasteiger partial charge in [-0.25, -0.2) is 10.4 Å². The largest absolute Gasteiger partial charge is 0.402 e. The number of ether oxygens (including phenoxy) is 1. The average molecular weight is 507 g/mol. The predicted octanol–water partition coefficient (Wildman–Crippen LogP) is 1.34. The molecule has 0 spiro atoms. The zero-order valence-corrected chi connectivity index (χ0v) is 19.7. The molecule has 3 heterocycles. The number of aromatic nitrogens is 1. The fraction of sp³-hybridized carbons (Fsp3) is 0.667. The van der Waals surface area contributed by atoms with Crippen LogP contribution in [0, 0.1) is 5.92 Å². The van der Waals surface area contributed by atoms with Crippen molar-refractivity contribution in [1.29, 1.82) is 0 Å². The van der Waals surface area contributed by atoms with Gasteiger partial charge < -0.3 is 19.9 Å². The number of hydrogen-bond acceptors (Lipinski definition) is 7. The van der Waals surface area contributed by atoms with E-state index in [0.29, 0.717) is 37.6 Å². The van der Waals surface area contributed by atoms with E-state index in [4.69, 9.17) is 16.3 Å². The average Bonchev–Trinajstić information content (AvgIpc) is 2.80. The van der Waals surface area contributed by atoms with Gasteiger partial charge >= 0.3 is 6.18 Å². The summed E-state index contributed by atoms with van der Waals surface area (Å²) in [7, 11) is 0. The van der Waals surface area contributed by atoms with Crippen LogP contribution >= 0.6 is 11.6 Å². The molecule has 0 radical (unpaired) electrons. The van der Waals surface area contributed by atoms with E-state index in [1.807, 2.05) is 18.4 Å². The first-order valence-electron chi connectivity index (χ1n) is 11.3. The molecule has 1 aromatic heterocycles. The normalized spacial score (nSPS) is 22.4. The number of hydrogen-bond donors (Lipinski definition) is 3. The molecule has 2 unspecified atom stereocenters. The zero-order valence-electron chi connectivity index (χ0n) is 18.9. The smallest absolute Gasteiger partial charge is 0.379 e. The number of hydrazine groups is 1. The van der Waals surface area contributed by atoms with Gasteiger partial charge in [-0.15, -0.1) is 0 Å². The van der Waals surface area contributed by atoms with Crippen molar-refractivity contribution in [3.63, 3.8) is 0 Å². The van der Waals surface area contributed by atoms with Gasteiger partial charge in [0.1, 0.15) is 5.82 Å². The molecule has 9 nitrogen and oxygen atoms in total. The Morgan fingerprint density at radius 3 is 2.68 bits per heavy atom. The molecule has 2 aliphatic heterocycles. The lowest BCUT2D eigenvalue weighted by Gasteiger charge is -2.36. The van der Waals surface area contributed by atoms with Crippen molar-refractivity contribution >= 4 is 29.2 Å². The molecule has 2 amide bonds. The van der Waals surface area contributed by atoms with Crippen LogP contribution in [0.15, 0.2) is 18.3 Å². The monoisotopic (exact) mass is 506 g/mol. The first kappa shape index (κ1) is 26.5. The summed E-state index contributed by atoms with van der Waals surface area (Å²) in [6.07, 6.45) is -2.36. The molecule has 3 atom stereocenters. The van der Waals surface area contributed by atoms with Crippen molar-refractivity contribution in [3.8, 4) is 0 Å². The van der Waals surface area contributed by atoms with Crippen LogP contribution in [0.3, 0.4) is 0 Å². The number of halogens is 4. The maximum absolute atomic E-state index is 13.3. The first-order valence-corrected chi connectivity index (χ1v) is 11.6. The van der Waals surface area contributed by atoms with E-state index in [1.165, 1.54) is 0 Å². The molecular weight excluding hydrogens is 477 g/mol. The van der Waals surface area contributed by atoms with Crippen LogP contribution in [0.2, 0.25) is 5.02 Å². The Bertz CT molecular complexity index is 821. The van der Waals surface area contributed by atoms with Crippen LogP contribution in [-0.2, 0) is 14.3 Å². The van der Waals surface area contributed by atoms with Gasteiger partial charge in [0, 0.05) is 51.0 Å². The molecule has 1 aromatic rings. The highest BCUT2D eigenvalue weighted by Gasteiger charge is 2.51. The summed E-state index contributed by atoms with van der Waals surface area (Å²) in [6, 6.07) is 2.14. The quantitative estimate of drug-likeness (QED) is 0.435. The molecule has 0 saturated carbocycles. The molecule has 0 bridgehead atoms. The lowest BCUT2D eigenvalue weighted by molar-refractivity contribution is -0.193.